The van der Waals surface area contributed by atoms with Crippen LogP contribution in [0.25, 0.3) is 0 Å². The Bertz CT molecular complexity index is 817. The molecule has 0 saturated heterocycles. The minimum atomic E-state index is -0.484. The molecule has 0 radical (unpaired) electrons. The van der Waals surface area contributed by atoms with Crippen molar-refractivity contribution in [3.8, 4) is 0 Å². The highest BCUT2D eigenvalue weighted by atomic mass is 16.6. The molecule has 0 aromatic heterocycles. The lowest BCUT2D eigenvalue weighted by molar-refractivity contribution is -0.384. The first kappa shape index (κ1) is 18.8. The van der Waals surface area contributed by atoms with Gasteiger partial charge in [-0.1, -0.05) is 18.2 Å². The van der Waals surface area contributed by atoms with E-state index >= 15 is 0 Å². The first-order chi connectivity index (χ1) is 12.5. The lowest BCUT2D eigenvalue weighted by Crippen LogP contribution is -2.29. The number of hydrazone groups is 1. The van der Waals surface area contributed by atoms with Crippen LogP contribution in [0.2, 0.25) is 0 Å². The Morgan fingerprint density at radius 3 is 2.31 bits per heavy atom. The van der Waals surface area contributed by atoms with Crippen molar-refractivity contribution in [3.63, 3.8) is 0 Å². The van der Waals surface area contributed by atoms with Crippen LogP contribution < -0.4 is 10.7 Å². The fraction of sp³-hybridized carbons (Fsp3) is 0.167. The van der Waals surface area contributed by atoms with E-state index in [9.17, 15) is 19.7 Å². The third-order valence-corrected chi connectivity index (χ3v) is 3.52. The number of hydrogen-bond donors (Lipinski definition) is 2. The molecule has 0 aliphatic heterocycles. The van der Waals surface area contributed by atoms with E-state index in [0.29, 0.717) is 16.8 Å². The maximum atomic E-state index is 11.8. The Hall–Kier alpha value is -3.55. The molecule has 0 atom stereocenters. The fourth-order valence-electron chi connectivity index (χ4n) is 2.07. The summed E-state index contributed by atoms with van der Waals surface area (Å²) in [4.78, 5) is 33.8. The average Bonchev–Trinajstić information content (AvgIpc) is 2.66. The van der Waals surface area contributed by atoms with E-state index in [2.05, 4.69) is 15.8 Å². The molecule has 0 unspecified atom stereocenters. The smallest absolute Gasteiger partial charge is 0.269 e. The molecule has 134 valence electrons. The van der Waals surface area contributed by atoms with E-state index in [-0.39, 0.29) is 30.5 Å². The number of amides is 2. The number of carbonyl (C=O) groups excluding carboxylic acids is 2. The fourth-order valence-corrected chi connectivity index (χ4v) is 2.07. The summed E-state index contributed by atoms with van der Waals surface area (Å²) in [7, 11) is 0. The Morgan fingerprint density at radius 1 is 1.04 bits per heavy atom. The lowest BCUT2D eigenvalue weighted by Gasteiger charge is -2.05. The normalized spacial score (nSPS) is 10.9. The highest BCUT2D eigenvalue weighted by Gasteiger charge is 2.07. The molecule has 0 saturated carbocycles. The van der Waals surface area contributed by atoms with Crippen molar-refractivity contribution in [2.45, 2.75) is 13.3 Å². The third-order valence-electron chi connectivity index (χ3n) is 3.52. The van der Waals surface area contributed by atoms with Crippen LogP contribution in [-0.2, 0) is 4.79 Å². The highest BCUT2D eigenvalue weighted by Crippen LogP contribution is 2.12. The van der Waals surface area contributed by atoms with Crippen molar-refractivity contribution < 1.29 is 14.5 Å². The number of non-ortho nitro benzene ring substituents is 1. The maximum absolute atomic E-state index is 11.8. The predicted molar refractivity (Wildman–Crippen MR) is 96.8 cm³/mol. The largest absolute Gasteiger partial charge is 0.352 e. The SMILES string of the molecule is CC(=NNC(=O)CCNC(=O)c1ccccc1)c1ccc([N+](=O)[O-])cc1. The molecule has 2 aromatic carbocycles. The predicted octanol–water partition coefficient (Wildman–Crippen LogP) is 2.26. The van der Waals surface area contributed by atoms with Crippen LogP contribution in [-0.4, -0.2) is 29.0 Å². The first-order valence-electron chi connectivity index (χ1n) is 7.88. The van der Waals surface area contributed by atoms with Gasteiger partial charge in [0.05, 0.1) is 10.6 Å². The molecular weight excluding hydrogens is 336 g/mol. The number of carbonyl (C=O) groups is 2. The van der Waals surface area contributed by atoms with E-state index in [1.165, 1.54) is 12.1 Å². The van der Waals surface area contributed by atoms with Gasteiger partial charge < -0.3 is 5.32 Å². The zero-order valence-corrected chi connectivity index (χ0v) is 14.1. The van der Waals surface area contributed by atoms with Crippen LogP contribution in [0.1, 0.15) is 29.3 Å². The summed E-state index contributed by atoms with van der Waals surface area (Å²) in [5.41, 5.74) is 4.09. The molecule has 2 N–H and O–H groups in total. The zero-order valence-electron chi connectivity index (χ0n) is 14.1. The van der Waals surface area contributed by atoms with Crippen molar-refractivity contribution in [1.29, 1.82) is 0 Å². The van der Waals surface area contributed by atoms with E-state index in [0.717, 1.165) is 0 Å². The monoisotopic (exact) mass is 354 g/mol. The van der Waals surface area contributed by atoms with E-state index in [1.807, 2.05) is 6.07 Å². The Morgan fingerprint density at radius 2 is 1.69 bits per heavy atom. The summed E-state index contributed by atoms with van der Waals surface area (Å²) in [6, 6.07) is 14.6. The number of nitro benzene ring substituents is 1. The molecule has 0 aliphatic rings. The summed E-state index contributed by atoms with van der Waals surface area (Å²) in [6.45, 7) is 1.87. The average molecular weight is 354 g/mol. The summed E-state index contributed by atoms with van der Waals surface area (Å²) in [5.74, 6) is -0.594. The topological polar surface area (TPSA) is 114 Å². The highest BCUT2D eigenvalue weighted by molar-refractivity contribution is 5.99. The quantitative estimate of drug-likeness (QED) is 0.451. The van der Waals surface area contributed by atoms with Gasteiger partial charge in [0.2, 0.25) is 5.91 Å². The van der Waals surface area contributed by atoms with Crippen LogP contribution in [0, 0.1) is 10.1 Å². The van der Waals surface area contributed by atoms with Crippen molar-refractivity contribution >= 4 is 23.2 Å². The van der Waals surface area contributed by atoms with Gasteiger partial charge in [-0.05, 0) is 36.8 Å². The van der Waals surface area contributed by atoms with Gasteiger partial charge in [0.25, 0.3) is 11.6 Å². The van der Waals surface area contributed by atoms with Crippen LogP contribution in [0.5, 0.6) is 0 Å². The van der Waals surface area contributed by atoms with E-state index in [4.69, 9.17) is 0 Å². The summed E-state index contributed by atoms with van der Waals surface area (Å²) >= 11 is 0. The van der Waals surface area contributed by atoms with Gasteiger partial charge in [-0.25, -0.2) is 5.43 Å². The number of nitro groups is 1. The van der Waals surface area contributed by atoms with Crippen molar-refractivity contribution in [2.24, 2.45) is 5.10 Å². The molecule has 8 heteroatoms. The van der Waals surface area contributed by atoms with Crippen molar-refractivity contribution in [2.75, 3.05) is 6.54 Å². The zero-order chi connectivity index (χ0) is 18.9. The minimum absolute atomic E-state index is 0.0141. The molecule has 0 bridgehead atoms. The van der Waals surface area contributed by atoms with Gasteiger partial charge in [0.15, 0.2) is 0 Å². The summed E-state index contributed by atoms with van der Waals surface area (Å²) < 4.78 is 0. The standard InChI is InChI=1S/C18H18N4O4/c1-13(14-7-9-16(10-8-14)22(25)26)20-21-17(23)11-12-19-18(24)15-5-3-2-4-6-15/h2-10H,11-12H2,1H3,(H,19,24)(H,21,23). The van der Waals surface area contributed by atoms with E-state index < -0.39 is 4.92 Å². The molecule has 0 spiro atoms. The Balaban J connectivity index is 1.79. The van der Waals surface area contributed by atoms with Crippen LogP contribution in [0.15, 0.2) is 59.7 Å². The molecule has 2 aromatic rings. The lowest BCUT2D eigenvalue weighted by atomic mass is 10.1. The summed E-state index contributed by atoms with van der Waals surface area (Å²) in [5, 5.41) is 17.2. The molecule has 0 aliphatic carbocycles. The van der Waals surface area contributed by atoms with E-state index in [1.54, 1.807) is 43.3 Å². The number of hydrogen-bond acceptors (Lipinski definition) is 5. The van der Waals surface area contributed by atoms with Crippen LogP contribution in [0.3, 0.4) is 0 Å². The number of benzene rings is 2. The molecule has 8 nitrogen and oxygen atoms in total. The summed E-state index contributed by atoms with van der Waals surface area (Å²) in [6.07, 6.45) is 0.0790. The van der Waals surface area contributed by atoms with Crippen LogP contribution in [0.4, 0.5) is 5.69 Å². The molecular formula is C18H18N4O4. The first-order valence-corrected chi connectivity index (χ1v) is 7.88. The van der Waals surface area contributed by atoms with Gasteiger partial charge in [-0.2, -0.15) is 5.10 Å². The Labute approximate surface area is 150 Å². The second kappa shape index (κ2) is 9.07. The number of nitrogens with one attached hydrogen (secondary N) is 2. The molecule has 2 amide bonds. The van der Waals surface area contributed by atoms with Gasteiger partial charge in [-0.3, -0.25) is 19.7 Å². The van der Waals surface area contributed by atoms with Gasteiger partial charge in [0, 0.05) is 30.7 Å². The maximum Gasteiger partial charge on any atom is 0.269 e. The minimum Gasteiger partial charge on any atom is -0.352 e. The second-order valence-corrected chi connectivity index (χ2v) is 5.41. The third kappa shape index (κ3) is 5.52. The van der Waals surface area contributed by atoms with Crippen molar-refractivity contribution in [1.82, 2.24) is 10.7 Å². The Kier molecular flexibility index (Phi) is 6.55. The number of rotatable bonds is 7. The van der Waals surface area contributed by atoms with Crippen molar-refractivity contribution in [3.05, 3.63) is 75.8 Å². The van der Waals surface area contributed by atoms with Gasteiger partial charge in [-0.15, -0.1) is 0 Å². The molecule has 0 fully saturated rings. The van der Waals surface area contributed by atoms with Crippen LogP contribution >= 0.6 is 0 Å². The molecule has 2 rings (SSSR count). The molecule has 26 heavy (non-hydrogen) atoms. The molecule has 0 heterocycles. The number of nitrogens with zero attached hydrogens (tertiary/aromatic N) is 2. The van der Waals surface area contributed by atoms with Gasteiger partial charge >= 0.3 is 0 Å². The second-order valence-electron chi connectivity index (χ2n) is 5.41. The van der Waals surface area contributed by atoms with Gasteiger partial charge in [0.1, 0.15) is 0 Å².